The Kier molecular flexibility index (Phi) is 10.6. The van der Waals surface area contributed by atoms with Crippen molar-refractivity contribution in [3.63, 3.8) is 0 Å². The van der Waals surface area contributed by atoms with Gasteiger partial charge in [-0.25, -0.2) is 17.6 Å². The number of halogens is 5. The Balaban J connectivity index is 1.48. The summed E-state index contributed by atoms with van der Waals surface area (Å²) in [6.07, 6.45) is 3.41. The third-order valence-electron chi connectivity index (χ3n) is 7.09. The molecule has 1 aliphatic carbocycles. The highest BCUT2D eigenvalue weighted by Gasteiger charge is 2.43. The first-order valence-corrected chi connectivity index (χ1v) is 16.9. The van der Waals surface area contributed by atoms with E-state index in [1.54, 1.807) is 0 Å². The first kappa shape index (κ1) is 33.5. The second kappa shape index (κ2) is 14.2. The van der Waals surface area contributed by atoms with E-state index in [9.17, 15) is 26.4 Å². The van der Waals surface area contributed by atoms with E-state index in [2.05, 4.69) is 9.72 Å². The van der Waals surface area contributed by atoms with Gasteiger partial charge in [0.1, 0.15) is 22.6 Å². The summed E-state index contributed by atoms with van der Waals surface area (Å²) >= 11 is 13.8. The molecule has 0 radical (unpaired) electrons. The topological polar surface area (TPSA) is 104 Å². The second-order valence-electron chi connectivity index (χ2n) is 10.2. The number of hydrogen-bond donors (Lipinski definition) is 0. The van der Waals surface area contributed by atoms with Crippen LogP contribution in [0.2, 0.25) is 10.0 Å². The molecule has 5 rings (SSSR count). The maximum atomic E-state index is 14.1. The van der Waals surface area contributed by atoms with Crippen molar-refractivity contribution in [2.45, 2.75) is 42.2 Å². The monoisotopic (exact) mass is 706 g/mol. The molecule has 16 heteroatoms. The molecule has 45 heavy (non-hydrogen) atoms. The van der Waals surface area contributed by atoms with E-state index in [0.717, 1.165) is 41.0 Å². The van der Waals surface area contributed by atoms with Gasteiger partial charge in [-0.05, 0) is 60.2 Å². The molecule has 2 heterocycles. The molecule has 9 nitrogen and oxygen atoms in total. The summed E-state index contributed by atoms with van der Waals surface area (Å²) in [6, 6.07) is 7.19. The van der Waals surface area contributed by atoms with E-state index >= 15 is 0 Å². The number of thioether (sulfide) groups is 1. The number of carbonyl (C=O) groups is 1. The molecule has 2 unspecified atom stereocenters. The first-order valence-electron chi connectivity index (χ1n) is 13.6. The molecule has 1 saturated carbocycles. The predicted molar refractivity (Wildman–Crippen MR) is 161 cm³/mol. The van der Waals surface area contributed by atoms with Crippen LogP contribution in [-0.4, -0.2) is 61.7 Å². The fraction of sp³-hybridized carbons (Fsp3) is 0.379. The lowest BCUT2D eigenvalue weighted by atomic mass is 10.0. The Labute approximate surface area is 271 Å². The van der Waals surface area contributed by atoms with Crippen molar-refractivity contribution in [3.8, 4) is 17.2 Å². The minimum atomic E-state index is -4.42. The lowest BCUT2D eigenvalue weighted by Gasteiger charge is -2.26. The van der Waals surface area contributed by atoms with Crippen LogP contribution in [0.3, 0.4) is 0 Å². The third-order valence-corrected chi connectivity index (χ3v) is 10.9. The third kappa shape index (κ3) is 7.91. The van der Waals surface area contributed by atoms with Crippen LogP contribution in [0.15, 0.2) is 53.7 Å². The lowest BCUT2D eigenvalue weighted by molar-refractivity contribution is -0.150. The maximum Gasteiger partial charge on any atom is 0.387 e. The van der Waals surface area contributed by atoms with Gasteiger partial charge >= 0.3 is 12.6 Å². The molecular weight excluding hydrogens is 680 g/mol. The Morgan fingerprint density at radius 1 is 1.09 bits per heavy atom. The van der Waals surface area contributed by atoms with Gasteiger partial charge < -0.3 is 18.9 Å². The highest BCUT2D eigenvalue weighted by Crippen LogP contribution is 2.40. The van der Waals surface area contributed by atoms with E-state index in [1.165, 1.54) is 43.8 Å². The van der Waals surface area contributed by atoms with Crippen LogP contribution in [-0.2, 0) is 26.0 Å². The van der Waals surface area contributed by atoms with Crippen LogP contribution in [0.1, 0.15) is 30.1 Å². The standard InChI is InChI=1S/C29H27Cl2F3N2O7S2/c1-40-23-7-5-18(32)11-26(23)45(38,39)36-8-9-44-27(36)28(37)42-24(12-19-20(30)13-35-14-21(19)31)17-4-6-22(43-29(33)34)25(10-17)41-15-16-2-3-16/h4-7,10-11,13-14,16,24,27,29H,2-3,8-9,12,15H2,1H3. The predicted octanol–water partition coefficient (Wildman–Crippen LogP) is 6.52. The fourth-order valence-corrected chi connectivity index (χ4v) is 8.37. The van der Waals surface area contributed by atoms with Gasteiger partial charge in [-0.15, -0.1) is 11.8 Å². The molecule has 2 atom stereocenters. The fourth-order valence-electron chi connectivity index (χ4n) is 4.63. The number of methoxy groups -OCH3 is 1. The molecule has 2 aliphatic rings. The van der Waals surface area contributed by atoms with Crippen LogP contribution in [0.5, 0.6) is 17.2 Å². The zero-order chi connectivity index (χ0) is 32.3. The van der Waals surface area contributed by atoms with Gasteiger partial charge in [0.15, 0.2) is 16.9 Å². The molecule has 242 valence electrons. The quantitative estimate of drug-likeness (QED) is 0.184. The van der Waals surface area contributed by atoms with Crippen LogP contribution in [0.25, 0.3) is 0 Å². The largest absolute Gasteiger partial charge is 0.495 e. The number of aromatic nitrogens is 1. The molecule has 1 aromatic heterocycles. The van der Waals surface area contributed by atoms with Crippen molar-refractivity contribution < 1.29 is 45.3 Å². The molecule has 0 bridgehead atoms. The minimum absolute atomic E-state index is 0.0188. The number of benzene rings is 2. The van der Waals surface area contributed by atoms with Gasteiger partial charge in [0.2, 0.25) is 10.0 Å². The van der Waals surface area contributed by atoms with Gasteiger partial charge in [0.25, 0.3) is 0 Å². The van der Waals surface area contributed by atoms with Gasteiger partial charge in [-0.2, -0.15) is 13.1 Å². The van der Waals surface area contributed by atoms with Crippen LogP contribution in [0.4, 0.5) is 13.2 Å². The summed E-state index contributed by atoms with van der Waals surface area (Å²) in [4.78, 5) is 17.2. The zero-order valence-electron chi connectivity index (χ0n) is 23.6. The summed E-state index contributed by atoms with van der Waals surface area (Å²) in [5.74, 6) is -1.45. The Morgan fingerprint density at radius 3 is 2.47 bits per heavy atom. The number of alkyl halides is 2. The molecule has 2 aromatic carbocycles. The molecule has 1 aliphatic heterocycles. The number of nitrogens with zero attached hydrogens (tertiary/aromatic N) is 2. The number of hydrogen-bond acceptors (Lipinski definition) is 9. The highest BCUT2D eigenvalue weighted by molar-refractivity contribution is 8.02. The average Bonchev–Trinajstić information content (AvgIpc) is 3.69. The maximum absolute atomic E-state index is 14.1. The highest BCUT2D eigenvalue weighted by atomic mass is 35.5. The Hall–Kier alpha value is -2.91. The molecule has 3 aromatic rings. The summed E-state index contributed by atoms with van der Waals surface area (Å²) in [7, 11) is -3.17. The summed E-state index contributed by atoms with van der Waals surface area (Å²) < 4.78 is 90.1. The van der Waals surface area contributed by atoms with Gasteiger partial charge in [0, 0.05) is 31.1 Å². The normalized spacial score (nSPS) is 17.7. The molecule has 0 amide bonds. The second-order valence-corrected chi connectivity index (χ2v) is 14.0. The van der Waals surface area contributed by atoms with Crippen molar-refractivity contribution in [3.05, 3.63) is 75.8 Å². The van der Waals surface area contributed by atoms with E-state index in [-0.39, 0.29) is 52.6 Å². The van der Waals surface area contributed by atoms with Crippen LogP contribution >= 0.6 is 35.0 Å². The first-order chi connectivity index (χ1) is 21.5. The molecular formula is C29H27Cl2F3N2O7S2. The van der Waals surface area contributed by atoms with E-state index < -0.39 is 44.8 Å². The van der Waals surface area contributed by atoms with Gasteiger partial charge in [0.05, 0.1) is 23.8 Å². The minimum Gasteiger partial charge on any atom is -0.495 e. The van der Waals surface area contributed by atoms with Crippen molar-refractivity contribution in [2.75, 3.05) is 26.0 Å². The molecule has 0 spiro atoms. The number of esters is 1. The van der Waals surface area contributed by atoms with Crippen molar-refractivity contribution >= 4 is 51.0 Å². The number of carbonyl (C=O) groups excluding carboxylic acids is 1. The van der Waals surface area contributed by atoms with Crippen molar-refractivity contribution in [1.82, 2.24) is 9.29 Å². The number of pyridine rings is 1. The molecule has 0 N–H and O–H groups in total. The van der Waals surface area contributed by atoms with Crippen LogP contribution < -0.4 is 14.2 Å². The van der Waals surface area contributed by atoms with Gasteiger partial charge in [-0.3, -0.25) is 4.98 Å². The Bertz CT molecular complexity index is 1640. The summed E-state index contributed by atoms with van der Waals surface area (Å²) in [5.41, 5.74) is 0.705. The van der Waals surface area contributed by atoms with Crippen molar-refractivity contribution in [1.29, 1.82) is 0 Å². The smallest absolute Gasteiger partial charge is 0.387 e. The molecule has 1 saturated heterocycles. The summed E-state index contributed by atoms with van der Waals surface area (Å²) in [5, 5.41) is -0.964. The van der Waals surface area contributed by atoms with E-state index in [0.29, 0.717) is 17.0 Å². The number of rotatable bonds is 13. The Morgan fingerprint density at radius 2 is 1.80 bits per heavy atom. The SMILES string of the molecule is COc1ccc(F)cc1S(=O)(=O)N1CCSC1C(=O)OC(Cc1c(Cl)cncc1Cl)c1ccc(OC(F)F)c(OCC2CC2)c1. The van der Waals surface area contributed by atoms with Crippen molar-refractivity contribution in [2.24, 2.45) is 5.92 Å². The number of ether oxygens (including phenoxy) is 4. The average molecular weight is 708 g/mol. The summed E-state index contributed by atoms with van der Waals surface area (Å²) in [6.45, 7) is -2.88. The van der Waals surface area contributed by atoms with E-state index in [1.807, 2.05) is 0 Å². The van der Waals surface area contributed by atoms with Gasteiger partial charge in [-0.1, -0.05) is 29.3 Å². The zero-order valence-corrected chi connectivity index (χ0v) is 26.8. The molecule has 2 fully saturated rings. The number of sulfonamides is 1. The lowest BCUT2D eigenvalue weighted by Crippen LogP contribution is -2.41. The van der Waals surface area contributed by atoms with Crippen LogP contribution in [0, 0.1) is 11.7 Å². The van der Waals surface area contributed by atoms with E-state index in [4.69, 9.17) is 37.4 Å².